The van der Waals surface area contributed by atoms with Gasteiger partial charge in [-0.3, -0.25) is 4.90 Å². The molecule has 31 heavy (non-hydrogen) atoms. The van der Waals surface area contributed by atoms with E-state index < -0.39 is 0 Å². The van der Waals surface area contributed by atoms with Crippen LogP contribution in [-0.2, 0) is 13.1 Å². The summed E-state index contributed by atoms with van der Waals surface area (Å²) >= 11 is 0. The Morgan fingerprint density at radius 2 is 1.74 bits per heavy atom. The largest absolute Gasteiger partial charge is 0.327 e. The van der Waals surface area contributed by atoms with Crippen LogP contribution >= 0.6 is 0 Å². The minimum absolute atomic E-state index is 0.303. The lowest BCUT2D eigenvalue weighted by Gasteiger charge is -2.24. The maximum absolute atomic E-state index is 4.94. The van der Waals surface area contributed by atoms with Gasteiger partial charge in [-0.2, -0.15) is 0 Å². The van der Waals surface area contributed by atoms with E-state index in [4.69, 9.17) is 9.97 Å². The molecule has 1 atom stereocenters. The normalized spacial score (nSPS) is 16.8. The fraction of sp³-hybridized carbons (Fsp3) is 0.320. The summed E-state index contributed by atoms with van der Waals surface area (Å²) in [5.41, 5.74) is 4.38. The second-order valence-electron chi connectivity index (χ2n) is 8.13. The molecule has 0 bridgehead atoms. The number of likely N-dealkylation sites (tertiary alicyclic amines) is 1. The molecule has 6 heteroatoms. The van der Waals surface area contributed by atoms with Crippen LogP contribution in [0.2, 0.25) is 0 Å². The van der Waals surface area contributed by atoms with Crippen LogP contribution < -0.4 is 5.32 Å². The van der Waals surface area contributed by atoms with E-state index in [-0.39, 0.29) is 0 Å². The molecule has 0 spiro atoms. The molecule has 0 amide bonds. The Labute approximate surface area is 183 Å². The van der Waals surface area contributed by atoms with E-state index in [1.54, 1.807) is 0 Å². The summed E-state index contributed by atoms with van der Waals surface area (Å²) in [6.07, 6.45) is 2.29. The molecule has 1 fully saturated rings. The summed E-state index contributed by atoms with van der Waals surface area (Å²) < 4.78 is 2.33. The average molecular weight is 413 g/mol. The van der Waals surface area contributed by atoms with Crippen molar-refractivity contribution >= 4 is 22.7 Å². The summed E-state index contributed by atoms with van der Waals surface area (Å²) in [5, 5.41) is 3.35. The summed E-state index contributed by atoms with van der Waals surface area (Å²) in [6.45, 7) is 7.02. The summed E-state index contributed by atoms with van der Waals surface area (Å²) in [4.78, 5) is 16.9. The molecule has 1 N–H and O–H groups in total. The molecule has 1 aromatic carbocycles. The van der Waals surface area contributed by atoms with Crippen LogP contribution in [0, 0.1) is 6.92 Å². The Hall–Kier alpha value is -3.25. The van der Waals surface area contributed by atoms with Crippen LogP contribution in [0.15, 0.2) is 60.7 Å². The highest BCUT2D eigenvalue weighted by molar-refractivity contribution is 5.75. The maximum atomic E-state index is 4.94. The predicted molar refractivity (Wildman–Crippen MR) is 124 cm³/mol. The molecule has 5 rings (SSSR count). The molecule has 1 aliphatic rings. The Morgan fingerprint density at radius 3 is 2.58 bits per heavy atom. The van der Waals surface area contributed by atoms with E-state index in [1.165, 1.54) is 11.9 Å². The van der Waals surface area contributed by atoms with Gasteiger partial charge in [0.05, 0.1) is 29.3 Å². The number of hydrogen-bond donors (Lipinski definition) is 1. The third-order valence-electron chi connectivity index (χ3n) is 6.01. The Morgan fingerprint density at radius 1 is 0.935 bits per heavy atom. The molecule has 0 saturated carbocycles. The van der Waals surface area contributed by atoms with Crippen molar-refractivity contribution < 1.29 is 0 Å². The van der Waals surface area contributed by atoms with E-state index in [0.717, 1.165) is 60.4 Å². The zero-order chi connectivity index (χ0) is 21.2. The van der Waals surface area contributed by atoms with Gasteiger partial charge in [-0.15, -0.1) is 0 Å². The van der Waals surface area contributed by atoms with Crippen molar-refractivity contribution in [2.75, 3.05) is 11.9 Å². The average Bonchev–Trinajstić information content (AvgIpc) is 3.38. The van der Waals surface area contributed by atoms with Gasteiger partial charge in [0.15, 0.2) is 0 Å². The zero-order valence-electron chi connectivity index (χ0n) is 18.1. The second-order valence-corrected chi connectivity index (χ2v) is 8.13. The maximum Gasteiger partial charge on any atom is 0.131 e. The number of pyridine rings is 2. The van der Waals surface area contributed by atoms with Crippen molar-refractivity contribution in [3.05, 3.63) is 77.9 Å². The van der Waals surface area contributed by atoms with Crippen molar-refractivity contribution in [1.29, 1.82) is 0 Å². The first-order valence-electron chi connectivity index (χ1n) is 11.1. The molecule has 4 aromatic rings. The number of nitrogens with one attached hydrogen (secondary N) is 1. The zero-order valence-corrected chi connectivity index (χ0v) is 18.1. The number of aromatic nitrogens is 4. The molecule has 0 aliphatic carbocycles. The number of imidazole rings is 1. The van der Waals surface area contributed by atoms with Gasteiger partial charge < -0.3 is 9.88 Å². The Bertz CT molecular complexity index is 1200. The van der Waals surface area contributed by atoms with Gasteiger partial charge in [0.25, 0.3) is 0 Å². The van der Waals surface area contributed by atoms with Crippen LogP contribution in [0.5, 0.6) is 0 Å². The van der Waals surface area contributed by atoms with E-state index in [9.17, 15) is 0 Å². The van der Waals surface area contributed by atoms with E-state index in [2.05, 4.69) is 63.1 Å². The lowest BCUT2D eigenvalue weighted by Crippen LogP contribution is -2.25. The van der Waals surface area contributed by atoms with Crippen LogP contribution in [0.3, 0.4) is 0 Å². The number of para-hydroxylation sites is 2. The third-order valence-corrected chi connectivity index (χ3v) is 6.01. The molecule has 0 unspecified atom stereocenters. The summed E-state index contributed by atoms with van der Waals surface area (Å²) in [6, 6.07) is 20.9. The fourth-order valence-electron chi connectivity index (χ4n) is 4.58. The highest BCUT2D eigenvalue weighted by atomic mass is 15.2. The topological polar surface area (TPSA) is 58.9 Å². The highest BCUT2D eigenvalue weighted by Crippen LogP contribution is 2.33. The molecular weight excluding hydrogens is 384 g/mol. The number of aryl methyl sites for hydroxylation is 2. The van der Waals surface area contributed by atoms with Gasteiger partial charge in [0.1, 0.15) is 17.5 Å². The lowest BCUT2D eigenvalue weighted by molar-refractivity contribution is 0.235. The van der Waals surface area contributed by atoms with Crippen LogP contribution in [0.4, 0.5) is 11.6 Å². The molecule has 158 valence electrons. The second kappa shape index (κ2) is 8.47. The summed E-state index contributed by atoms with van der Waals surface area (Å²) in [7, 11) is 0. The molecule has 6 nitrogen and oxygen atoms in total. The smallest absolute Gasteiger partial charge is 0.131 e. The highest BCUT2D eigenvalue weighted by Gasteiger charge is 2.28. The molecule has 4 heterocycles. The standard InChI is InChI=1S/C25H28N6/c1-3-31-22-12-5-4-10-20(22)28-25(31)17-30-16-8-13-21(30)19-11-7-15-24(27-19)29-23-14-6-9-18(2)26-23/h4-7,9-12,14-15,21H,3,8,13,16-17H2,1-2H3,(H,26,27,29)/t21-/m1/s1. The van der Waals surface area contributed by atoms with Crippen LogP contribution in [0.25, 0.3) is 11.0 Å². The first-order valence-corrected chi connectivity index (χ1v) is 11.1. The molecule has 0 radical (unpaired) electrons. The monoisotopic (exact) mass is 412 g/mol. The Balaban J connectivity index is 1.38. The van der Waals surface area contributed by atoms with Crippen molar-refractivity contribution in [3.8, 4) is 0 Å². The summed E-state index contributed by atoms with van der Waals surface area (Å²) in [5.74, 6) is 2.79. The molecule has 3 aromatic heterocycles. The third kappa shape index (κ3) is 4.03. The van der Waals surface area contributed by atoms with Crippen LogP contribution in [-0.4, -0.2) is 31.0 Å². The fourth-order valence-corrected chi connectivity index (χ4v) is 4.58. The van der Waals surface area contributed by atoms with Gasteiger partial charge in [-0.25, -0.2) is 15.0 Å². The number of hydrogen-bond acceptors (Lipinski definition) is 5. The number of anilines is 2. The van der Waals surface area contributed by atoms with E-state index in [1.807, 2.05) is 31.2 Å². The number of fused-ring (bicyclic) bond motifs is 1. The SMILES string of the molecule is CCn1c(CN2CCC[C@@H]2c2cccc(Nc3cccc(C)n3)n2)nc2ccccc21. The number of nitrogens with zero attached hydrogens (tertiary/aromatic N) is 5. The first-order chi connectivity index (χ1) is 15.2. The van der Waals surface area contributed by atoms with Crippen molar-refractivity contribution in [3.63, 3.8) is 0 Å². The van der Waals surface area contributed by atoms with Crippen molar-refractivity contribution in [1.82, 2.24) is 24.4 Å². The van der Waals surface area contributed by atoms with E-state index >= 15 is 0 Å². The Kier molecular flexibility index (Phi) is 5.38. The minimum atomic E-state index is 0.303. The molecular formula is C25H28N6. The van der Waals surface area contributed by atoms with Gasteiger partial charge >= 0.3 is 0 Å². The van der Waals surface area contributed by atoms with Crippen molar-refractivity contribution in [2.45, 2.75) is 45.8 Å². The lowest BCUT2D eigenvalue weighted by atomic mass is 10.1. The molecule has 1 aliphatic heterocycles. The molecule has 1 saturated heterocycles. The minimum Gasteiger partial charge on any atom is -0.327 e. The van der Waals surface area contributed by atoms with Crippen molar-refractivity contribution in [2.24, 2.45) is 0 Å². The first kappa shape index (κ1) is 19.7. The van der Waals surface area contributed by atoms with Gasteiger partial charge in [-0.05, 0) is 69.6 Å². The predicted octanol–water partition coefficient (Wildman–Crippen LogP) is 5.24. The number of rotatable bonds is 6. The van der Waals surface area contributed by atoms with E-state index in [0.29, 0.717) is 6.04 Å². The van der Waals surface area contributed by atoms with Gasteiger partial charge in [0, 0.05) is 12.2 Å². The van der Waals surface area contributed by atoms with Gasteiger partial charge in [0.2, 0.25) is 0 Å². The number of benzene rings is 1. The van der Waals surface area contributed by atoms with Gasteiger partial charge in [-0.1, -0.05) is 24.3 Å². The quantitative estimate of drug-likeness (QED) is 0.470. The van der Waals surface area contributed by atoms with Crippen LogP contribution in [0.1, 0.15) is 43.0 Å².